The van der Waals surface area contributed by atoms with Gasteiger partial charge in [-0.25, -0.2) is 15.0 Å². The van der Waals surface area contributed by atoms with Crippen LogP contribution in [0, 0.1) is 0 Å². The molecule has 4 aromatic rings. The van der Waals surface area contributed by atoms with E-state index in [1.165, 1.54) is 0 Å². The fraction of sp³-hybridized carbons (Fsp3) is 0.200. The minimum atomic E-state index is 0.579. The summed E-state index contributed by atoms with van der Waals surface area (Å²) < 4.78 is 12.2. The molecule has 4 rings (SSSR count). The number of hydrogen-bond donors (Lipinski definition) is 2. The molecule has 9 heteroatoms. The van der Waals surface area contributed by atoms with Crippen molar-refractivity contribution in [1.29, 1.82) is 0 Å². The minimum Gasteiger partial charge on any atom is -0.497 e. The number of aromatic nitrogens is 4. The first-order valence-electron chi connectivity index (χ1n) is 10.8. The van der Waals surface area contributed by atoms with Crippen LogP contribution >= 0.6 is 0 Å². The van der Waals surface area contributed by atoms with Gasteiger partial charge in [-0.1, -0.05) is 24.3 Å². The van der Waals surface area contributed by atoms with Crippen molar-refractivity contribution in [3.05, 3.63) is 78.5 Å². The fourth-order valence-corrected chi connectivity index (χ4v) is 3.40. The second-order valence-electron chi connectivity index (χ2n) is 7.43. The molecule has 0 saturated carbocycles. The average Bonchev–Trinajstić information content (AvgIpc) is 3.31. The fourth-order valence-electron chi connectivity index (χ4n) is 3.40. The number of benzene rings is 1. The zero-order valence-electron chi connectivity index (χ0n) is 19.2. The van der Waals surface area contributed by atoms with Gasteiger partial charge in [-0.05, 0) is 17.2 Å². The van der Waals surface area contributed by atoms with E-state index in [9.17, 15) is 0 Å². The summed E-state index contributed by atoms with van der Waals surface area (Å²) in [6, 6.07) is 13.8. The van der Waals surface area contributed by atoms with Crippen LogP contribution in [-0.4, -0.2) is 52.9 Å². The van der Waals surface area contributed by atoms with E-state index in [-0.39, 0.29) is 0 Å². The number of aliphatic imine (C=N–C) groups is 1. The van der Waals surface area contributed by atoms with Gasteiger partial charge in [0, 0.05) is 50.0 Å². The maximum absolute atomic E-state index is 5.77. The Kier molecular flexibility index (Phi) is 7.46. The third-order valence-electron chi connectivity index (χ3n) is 5.25. The number of anilines is 1. The molecule has 0 spiro atoms. The summed E-state index contributed by atoms with van der Waals surface area (Å²) in [4.78, 5) is 17.6. The Morgan fingerprint density at radius 3 is 2.74 bits per heavy atom. The molecule has 0 radical (unpaired) electrons. The van der Waals surface area contributed by atoms with Crippen LogP contribution in [0.4, 0.5) is 5.82 Å². The Hall–Kier alpha value is -4.24. The molecule has 0 amide bonds. The predicted octanol–water partition coefficient (Wildman–Crippen LogP) is 3.43. The third-order valence-corrected chi connectivity index (χ3v) is 5.25. The average molecular weight is 458 g/mol. The number of methoxy groups -OCH3 is 2. The molecule has 1 aromatic carbocycles. The Labute approximate surface area is 198 Å². The van der Waals surface area contributed by atoms with Gasteiger partial charge in [-0.2, -0.15) is 0 Å². The quantitative estimate of drug-likeness (QED) is 0.277. The smallest absolute Gasteiger partial charge is 0.140 e. The van der Waals surface area contributed by atoms with Crippen molar-refractivity contribution in [3.63, 3.8) is 0 Å². The highest BCUT2D eigenvalue weighted by Gasteiger charge is 2.09. The molecule has 0 unspecified atom stereocenters. The van der Waals surface area contributed by atoms with Crippen molar-refractivity contribution in [2.24, 2.45) is 10.7 Å². The number of imidazole rings is 1. The van der Waals surface area contributed by atoms with Gasteiger partial charge in [-0.3, -0.25) is 9.39 Å². The van der Waals surface area contributed by atoms with E-state index in [4.69, 9.17) is 15.2 Å². The van der Waals surface area contributed by atoms with Crippen LogP contribution in [-0.2, 0) is 11.3 Å². The van der Waals surface area contributed by atoms with Crippen molar-refractivity contribution in [2.45, 2.75) is 6.54 Å². The number of hydrogen-bond acceptors (Lipinski definition) is 8. The van der Waals surface area contributed by atoms with Gasteiger partial charge in [-0.15, -0.1) is 0 Å². The van der Waals surface area contributed by atoms with Crippen LogP contribution in [0.25, 0.3) is 22.6 Å². The van der Waals surface area contributed by atoms with Crippen LogP contribution in [0.15, 0.2) is 72.4 Å². The van der Waals surface area contributed by atoms with Gasteiger partial charge in [0.25, 0.3) is 0 Å². The standard InChI is InChI=1S/C25H27N7O2/c1-33-10-8-27-15-20(13-26)19-5-3-18(4-6-19)14-28-24-12-22(30-17-31-24)23-16-29-25-11-21(34-2)7-9-32(23)25/h3-7,9,11-13,15-17H,8,10,14,26H2,1-2H3,(H,28,30,31). The molecule has 0 atom stereocenters. The predicted molar refractivity (Wildman–Crippen MR) is 134 cm³/mol. The normalized spacial score (nSPS) is 11.9. The molecule has 34 heavy (non-hydrogen) atoms. The molecule has 3 aromatic heterocycles. The number of nitrogens with two attached hydrogens (primary N) is 1. The SMILES string of the molecule is COCCN=CC(=CN)c1ccc(CNc2cc(-c3cnc4cc(OC)ccn34)ncn2)cc1. The van der Waals surface area contributed by atoms with Gasteiger partial charge >= 0.3 is 0 Å². The summed E-state index contributed by atoms with van der Waals surface area (Å²) in [7, 11) is 3.29. The topological polar surface area (TPSA) is 112 Å². The molecule has 0 bridgehead atoms. The highest BCUT2D eigenvalue weighted by atomic mass is 16.5. The lowest BCUT2D eigenvalue weighted by atomic mass is 10.1. The molecule has 0 aliphatic rings. The zero-order valence-corrected chi connectivity index (χ0v) is 19.2. The van der Waals surface area contributed by atoms with Crippen molar-refractivity contribution < 1.29 is 9.47 Å². The molecule has 9 nitrogen and oxygen atoms in total. The minimum absolute atomic E-state index is 0.579. The highest BCUT2D eigenvalue weighted by Crippen LogP contribution is 2.23. The first-order valence-corrected chi connectivity index (χ1v) is 10.8. The largest absolute Gasteiger partial charge is 0.497 e. The number of fused-ring (bicyclic) bond motifs is 1. The first-order chi connectivity index (χ1) is 16.7. The Balaban J connectivity index is 1.43. The number of ether oxygens (including phenoxy) is 2. The van der Waals surface area contributed by atoms with E-state index >= 15 is 0 Å². The van der Waals surface area contributed by atoms with Crippen molar-refractivity contribution in [3.8, 4) is 17.1 Å². The van der Waals surface area contributed by atoms with Crippen LogP contribution in [0.3, 0.4) is 0 Å². The van der Waals surface area contributed by atoms with Gasteiger partial charge in [0.05, 0.1) is 37.8 Å². The summed E-state index contributed by atoms with van der Waals surface area (Å²) in [5, 5.41) is 3.36. The van der Waals surface area contributed by atoms with Crippen molar-refractivity contribution in [1.82, 2.24) is 19.4 Å². The van der Waals surface area contributed by atoms with E-state index in [0.29, 0.717) is 19.7 Å². The third kappa shape index (κ3) is 5.38. The lowest BCUT2D eigenvalue weighted by molar-refractivity contribution is 0.208. The van der Waals surface area contributed by atoms with Crippen LogP contribution in [0.1, 0.15) is 11.1 Å². The monoisotopic (exact) mass is 457 g/mol. The van der Waals surface area contributed by atoms with Crippen LogP contribution in [0.5, 0.6) is 5.75 Å². The lowest BCUT2D eigenvalue weighted by Crippen LogP contribution is -2.03. The van der Waals surface area contributed by atoms with E-state index < -0.39 is 0 Å². The van der Waals surface area contributed by atoms with Gasteiger partial charge in [0.2, 0.25) is 0 Å². The second-order valence-corrected chi connectivity index (χ2v) is 7.43. The molecule has 3 N–H and O–H groups in total. The maximum Gasteiger partial charge on any atom is 0.140 e. The molecule has 0 aliphatic heterocycles. The van der Waals surface area contributed by atoms with Crippen LogP contribution < -0.4 is 15.8 Å². The summed E-state index contributed by atoms with van der Waals surface area (Å²) in [5.41, 5.74) is 11.2. The summed E-state index contributed by atoms with van der Waals surface area (Å²) in [5.74, 6) is 1.48. The van der Waals surface area contributed by atoms with E-state index in [1.54, 1.807) is 39.2 Å². The van der Waals surface area contributed by atoms with Crippen molar-refractivity contribution in [2.75, 3.05) is 32.7 Å². The highest BCUT2D eigenvalue weighted by molar-refractivity contribution is 6.09. The number of allylic oxidation sites excluding steroid dienone is 1. The number of nitrogens with one attached hydrogen (secondary N) is 1. The van der Waals surface area contributed by atoms with E-state index in [1.807, 2.05) is 40.9 Å². The summed E-state index contributed by atoms with van der Waals surface area (Å²) in [6.45, 7) is 1.79. The second kappa shape index (κ2) is 11.1. The zero-order chi connectivity index (χ0) is 23.8. The molecular weight excluding hydrogens is 430 g/mol. The Bertz CT molecular complexity index is 1300. The number of rotatable bonds is 10. The number of nitrogens with zero attached hydrogens (tertiary/aromatic N) is 5. The van der Waals surface area contributed by atoms with Gasteiger partial charge in [0.15, 0.2) is 0 Å². The lowest BCUT2D eigenvalue weighted by Gasteiger charge is -2.09. The molecule has 0 fully saturated rings. The molecule has 3 heterocycles. The molecule has 174 valence electrons. The van der Waals surface area contributed by atoms with E-state index in [0.717, 1.165) is 45.3 Å². The molecule has 0 saturated heterocycles. The Morgan fingerprint density at radius 1 is 1.12 bits per heavy atom. The maximum atomic E-state index is 5.77. The summed E-state index contributed by atoms with van der Waals surface area (Å²) in [6.07, 6.45) is 8.58. The number of pyridine rings is 1. The summed E-state index contributed by atoms with van der Waals surface area (Å²) >= 11 is 0. The molecular formula is C25H27N7O2. The van der Waals surface area contributed by atoms with E-state index in [2.05, 4.69) is 37.4 Å². The van der Waals surface area contributed by atoms with Gasteiger partial charge < -0.3 is 20.5 Å². The van der Waals surface area contributed by atoms with Crippen LogP contribution in [0.2, 0.25) is 0 Å². The Morgan fingerprint density at radius 2 is 1.97 bits per heavy atom. The van der Waals surface area contributed by atoms with Crippen molar-refractivity contribution >= 4 is 23.3 Å². The molecule has 0 aliphatic carbocycles. The first kappa shape index (κ1) is 22.9. The van der Waals surface area contributed by atoms with Gasteiger partial charge in [0.1, 0.15) is 23.5 Å².